The molecule has 10 heteroatoms. The van der Waals surface area contributed by atoms with Gasteiger partial charge >= 0.3 is 5.63 Å². The van der Waals surface area contributed by atoms with Gasteiger partial charge in [-0.05, 0) is 37.3 Å². The highest BCUT2D eigenvalue weighted by Gasteiger charge is 2.30. The summed E-state index contributed by atoms with van der Waals surface area (Å²) in [4.78, 5) is 37.1. The fourth-order valence-electron chi connectivity index (χ4n) is 3.81. The highest BCUT2D eigenvalue weighted by atomic mass is 16.5. The lowest BCUT2D eigenvalue weighted by Gasteiger charge is -2.22. The predicted molar refractivity (Wildman–Crippen MR) is 128 cm³/mol. The number of methoxy groups -OCH3 is 3. The Morgan fingerprint density at radius 3 is 2.23 bits per heavy atom. The average Bonchev–Trinajstić information content (AvgIpc) is 2.82. The Labute approximate surface area is 201 Å². The molecule has 4 N–H and O–H groups in total. The number of amides is 2. The zero-order valence-corrected chi connectivity index (χ0v) is 19.7. The Kier molecular flexibility index (Phi) is 7.65. The maximum absolute atomic E-state index is 13.0. The van der Waals surface area contributed by atoms with E-state index in [9.17, 15) is 19.5 Å². The minimum absolute atomic E-state index is 0.111. The molecule has 3 aromatic rings. The van der Waals surface area contributed by atoms with Crippen LogP contribution in [-0.2, 0) is 4.79 Å². The van der Waals surface area contributed by atoms with Gasteiger partial charge in [0.15, 0.2) is 11.5 Å². The van der Waals surface area contributed by atoms with E-state index in [4.69, 9.17) is 24.4 Å². The summed E-state index contributed by atoms with van der Waals surface area (Å²) < 4.78 is 21.5. The quantitative estimate of drug-likeness (QED) is 0.421. The van der Waals surface area contributed by atoms with E-state index in [1.54, 1.807) is 12.1 Å². The number of aryl methyl sites for hydroxylation is 1. The summed E-state index contributed by atoms with van der Waals surface area (Å²) in [5.41, 5.74) is 5.46. The van der Waals surface area contributed by atoms with Crippen molar-refractivity contribution in [2.75, 3.05) is 26.6 Å². The number of ether oxygens (including phenoxy) is 3. The third kappa shape index (κ3) is 5.37. The molecule has 0 bridgehead atoms. The molecular formula is C25H26N2O8. The summed E-state index contributed by atoms with van der Waals surface area (Å²) in [7, 11) is 4.31. The first-order chi connectivity index (χ1) is 16.7. The number of hydrogen-bond donors (Lipinski definition) is 3. The molecule has 0 spiro atoms. The van der Waals surface area contributed by atoms with Gasteiger partial charge in [-0.2, -0.15) is 0 Å². The fraction of sp³-hybridized carbons (Fsp3) is 0.240. The van der Waals surface area contributed by atoms with Gasteiger partial charge in [-0.25, -0.2) is 4.79 Å². The van der Waals surface area contributed by atoms with Crippen LogP contribution < -0.4 is 30.9 Å². The molecule has 0 aliphatic heterocycles. The fourth-order valence-corrected chi connectivity index (χ4v) is 3.81. The van der Waals surface area contributed by atoms with Crippen LogP contribution in [0.3, 0.4) is 0 Å². The van der Waals surface area contributed by atoms with E-state index in [0.717, 1.165) is 0 Å². The highest BCUT2D eigenvalue weighted by molar-refractivity contribution is 5.95. The van der Waals surface area contributed by atoms with Gasteiger partial charge in [-0.1, -0.05) is 6.07 Å². The molecule has 3 rings (SSSR count). The second-order valence-electron chi connectivity index (χ2n) is 7.61. The van der Waals surface area contributed by atoms with Crippen LogP contribution in [0.15, 0.2) is 51.7 Å². The van der Waals surface area contributed by atoms with Gasteiger partial charge in [0.1, 0.15) is 11.5 Å². The molecule has 1 heterocycles. The average molecular weight is 482 g/mol. The second-order valence-corrected chi connectivity index (χ2v) is 7.61. The van der Waals surface area contributed by atoms with Crippen molar-refractivity contribution in [2.45, 2.75) is 19.3 Å². The third-order valence-electron chi connectivity index (χ3n) is 5.39. The maximum Gasteiger partial charge on any atom is 0.343 e. The lowest BCUT2D eigenvalue weighted by Crippen LogP contribution is -2.21. The number of aromatic hydroxyl groups is 1. The van der Waals surface area contributed by atoms with Crippen molar-refractivity contribution >= 4 is 17.5 Å². The molecule has 35 heavy (non-hydrogen) atoms. The summed E-state index contributed by atoms with van der Waals surface area (Å²) in [6, 6.07) is 10.6. The van der Waals surface area contributed by atoms with E-state index in [2.05, 4.69) is 5.32 Å². The largest absolute Gasteiger partial charge is 0.507 e. The van der Waals surface area contributed by atoms with E-state index >= 15 is 0 Å². The number of benzene rings is 2. The molecular weight excluding hydrogens is 456 g/mol. The molecule has 1 atom stereocenters. The van der Waals surface area contributed by atoms with Crippen molar-refractivity contribution in [2.24, 2.45) is 5.73 Å². The minimum Gasteiger partial charge on any atom is -0.507 e. The molecule has 10 nitrogen and oxygen atoms in total. The van der Waals surface area contributed by atoms with Crippen LogP contribution in [0.5, 0.6) is 23.0 Å². The van der Waals surface area contributed by atoms with Crippen molar-refractivity contribution in [3.63, 3.8) is 0 Å². The Balaban J connectivity index is 2.08. The van der Waals surface area contributed by atoms with Crippen molar-refractivity contribution in [1.29, 1.82) is 0 Å². The number of nitrogens with one attached hydrogen (secondary N) is 1. The molecule has 2 amide bonds. The van der Waals surface area contributed by atoms with Gasteiger partial charge in [0.05, 0.1) is 26.9 Å². The molecule has 0 aliphatic carbocycles. The molecule has 0 fully saturated rings. The van der Waals surface area contributed by atoms with Gasteiger partial charge in [0.2, 0.25) is 17.6 Å². The summed E-state index contributed by atoms with van der Waals surface area (Å²) in [5, 5.41) is 13.4. The monoisotopic (exact) mass is 482 g/mol. The Morgan fingerprint density at radius 2 is 1.69 bits per heavy atom. The Morgan fingerprint density at radius 1 is 1.03 bits per heavy atom. The molecule has 0 saturated carbocycles. The number of rotatable bonds is 9. The number of carbonyl (C=O) groups is 2. The number of anilines is 1. The zero-order chi connectivity index (χ0) is 25.7. The van der Waals surface area contributed by atoms with Gasteiger partial charge in [-0.3, -0.25) is 9.59 Å². The lowest BCUT2D eigenvalue weighted by atomic mass is 9.87. The summed E-state index contributed by atoms with van der Waals surface area (Å²) in [6.45, 7) is 1.53. The van der Waals surface area contributed by atoms with Gasteiger partial charge in [0.25, 0.3) is 0 Å². The van der Waals surface area contributed by atoms with Gasteiger partial charge in [0, 0.05) is 35.2 Å². The van der Waals surface area contributed by atoms with Crippen LogP contribution in [-0.4, -0.2) is 38.3 Å². The third-order valence-corrected chi connectivity index (χ3v) is 5.39. The highest BCUT2D eigenvalue weighted by Crippen LogP contribution is 2.46. The predicted octanol–water partition coefficient (Wildman–Crippen LogP) is 2.94. The van der Waals surface area contributed by atoms with Crippen LogP contribution in [0.4, 0.5) is 5.69 Å². The van der Waals surface area contributed by atoms with Crippen LogP contribution in [0.1, 0.15) is 39.6 Å². The molecule has 184 valence electrons. The van der Waals surface area contributed by atoms with Crippen LogP contribution in [0, 0.1) is 6.92 Å². The van der Waals surface area contributed by atoms with Crippen molar-refractivity contribution in [1.82, 2.24) is 0 Å². The lowest BCUT2D eigenvalue weighted by molar-refractivity contribution is -0.116. The first kappa shape index (κ1) is 25.2. The standard InChI is InChI=1S/C25H26N2O8/c1-13-11-18(28)21(25(31)35-13)17(16-9-10-19(32-2)23(34-4)22(16)33-3)12-20(29)27-15-7-5-14(6-8-15)24(26)30/h5-11,17,28H,12H2,1-4H3,(H2,26,30)(H,27,29)/t17-/m1/s1. The topological polar surface area (TPSA) is 150 Å². The Bertz CT molecular complexity index is 1300. The number of primary amides is 1. The maximum atomic E-state index is 13.0. The Hall–Kier alpha value is -4.47. The number of carbonyl (C=O) groups excluding carboxylic acids is 2. The molecule has 0 aliphatic rings. The first-order valence-corrected chi connectivity index (χ1v) is 10.5. The van der Waals surface area contributed by atoms with Gasteiger partial charge in [-0.15, -0.1) is 0 Å². The summed E-state index contributed by atoms with van der Waals surface area (Å²) in [5.74, 6) is -1.26. The van der Waals surface area contributed by atoms with Crippen LogP contribution >= 0.6 is 0 Å². The number of hydrogen-bond acceptors (Lipinski definition) is 8. The van der Waals surface area contributed by atoms with E-state index in [1.165, 1.54) is 58.6 Å². The van der Waals surface area contributed by atoms with E-state index in [1.807, 2.05) is 0 Å². The van der Waals surface area contributed by atoms with E-state index < -0.39 is 23.4 Å². The van der Waals surface area contributed by atoms with E-state index in [0.29, 0.717) is 17.0 Å². The molecule has 1 aromatic heterocycles. The smallest absolute Gasteiger partial charge is 0.343 e. The zero-order valence-electron chi connectivity index (χ0n) is 19.7. The van der Waals surface area contributed by atoms with Crippen molar-refractivity contribution in [3.8, 4) is 23.0 Å². The molecule has 0 radical (unpaired) electrons. The summed E-state index contributed by atoms with van der Waals surface area (Å²) >= 11 is 0. The van der Waals surface area contributed by atoms with Crippen LogP contribution in [0.25, 0.3) is 0 Å². The molecule has 2 aromatic carbocycles. The molecule has 0 unspecified atom stereocenters. The van der Waals surface area contributed by atoms with E-state index in [-0.39, 0.29) is 40.6 Å². The second kappa shape index (κ2) is 10.6. The van der Waals surface area contributed by atoms with Crippen molar-refractivity contribution < 1.29 is 33.3 Å². The number of nitrogens with two attached hydrogens (primary N) is 1. The van der Waals surface area contributed by atoms with Crippen molar-refractivity contribution in [3.05, 3.63) is 75.3 Å². The first-order valence-electron chi connectivity index (χ1n) is 10.5. The molecule has 0 saturated heterocycles. The minimum atomic E-state index is -0.966. The van der Waals surface area contributed by atoms with Gasteiger partial charge < -0.3 is 34.8 Å². The normalized spacial score (nSPS) is 11.4. The van der Waals surface area contributed by atoms with Crippen LogP contribution in [0.2, 0.25) is 0 Å². The summed E-state index contributed by atoms with van der Waals surface area (Å²) in [6.07, 6.45) is -0.259. The SMILES string of the molecule is COc1ccc([C@@H](CC(=O)Nc2ccc(C(N)=O)cc2)c2c(O)cc(C)oc2=O)c(OC)c1OC.